The van der Waals surface area contributed by atoms with Crippen molar-refractivity contribution in [3.05, 3.63) is 21.3 Å². The van der Waals surface area contributed by atoms with Crippen molar-refractivity contribution in [3.8, 4) is 0 Å². The number of rotatable bonds is 9. The standard InChI is InChI=1S/C15H19ClO4S/c1-3-20-14(18)7-5-4-6-11(10(2)17)15(19)12-8-9-13(16)21-12/h8-9,11H,3-7H2,1-2H3. The van der Waals surface area contributed by atoms with E-state index in [1.165, 1.54) is 18.3 Å². The zero-order chi connectivity index (χ0) is 15.8. The molecule has 0 aliphatic carbocycles. The Morgan fingerprint density at radius 1 is 1.29 bits per heavy atom. The number of esters is 1. The lowest BCUT2D eigenvalue weighted by molar-refractivity contribution is -0.143. The Morgan fingerprint density at radius 3 is 2.52 bits per heavy atom. The Hall–Kier alpha value is -1.20. The minimum absolute atomic E-state index is 0.152. The molecule has 0 aliphatic rings. The molecule has 116 valence electrons. The van der Waals surface area contributed by atoms with Gasteiger partial charge in [0, 0.05) is 6.42 Å². The molecule has 0 spiro atoms. The summed E-state index contributed by atoms with van der Waals surface area (Å²) in [5, 5.41) is 0. The summed E-state index contributed by atoms with van der Waals surface area (Å²) in [6.07, 6.45) is 2.01. The van der Waals surface area contributed by atoms with Crippen LogP contribution in [0.5, 0.6) is 0 Å². The summed E-state index contributed by atoms with van der Waals surface area (Å²) in [7, 11) is 0. The molecule has 1 rings (SSSR count). The molecule has 6 heteroatoms. The van der Waals surface area contributed by atoms with E-state index in [9.17, 15) is 14.4 Å². The lowest BCUT2D eigenvalue weighted by atomic mass is 9.92. The Bertz CT molecular complexity index is 510. The maximum atomic E-state index is 12.3. The van der Waals surface area contributed by atoms with Crippen LogP contribution in [0.25, 0.3) is 0 Å². The first-order valence-corrected chi connectivity index (χ1v) is 8.10. The summed E-state index contributed by atoms with van der Waals surface area (Å²) in [5.41, 5.74) is 0. The summed E-state index contributed by atoms with van der Waals surface area (Å²) in [6, 6.07) is 3.29. The molecule has 0 N–H and O–H groups in total. The number of halogens is 1. The third-order valence-electron chi connectivity index (χ3n) is 3.05. The monoisotopic (exact) mass is 330 g/mol. The normalized spacial score (nSPS) is 12.0. The summed E-state index contributed by atoms with van der Waals surface area (Å²) in [5.74, 6) is -1.23. The smallest absolute Gasteiger partial charge is 0.305 e. The minimum Gasteiger partial charge on any atom is -0.466 e. The van der Waals surface area contributed by atoms with Gasteiger partial charge in [-0.15, -0.1) is 11.3 Å². The van der Waals surface area contributed by atoms with Gasteiger partial charge in [-0.1, -0.05) is 18.0 Å². The molecular weight excluding hydrogens is 312 g/mol. The highest BCUT2D eigenvalue weighted by atomic mass is 35.5. The van der Waals surface area contributed by atoms with Crippen LogP contribution in [0.4, 0.5) is 0 Å². The van der Waals surface area contributed by atoms with E-state index in [-0.39, 0.29) is 17.5 Å². The lowest BCUT2D eigenvalue weighted by Crippen LogP contribution is -2.21. The number of ketones is 2. The highest BCUT2D eigenvalue weighted by molar-refractivity contribution is 7.18. The molecule has 1 aromatic rings. The molecule has 1 unspecified atom stereocenters. The van der Waals surface area contributed by atoms with Crippen molar-refractivity contribution in [2.75, 3.05) is 6.61 Å². The average molecular weight is 331 g/mol. The van der Waals surface area contributed by atoms with Gasteiger partial charge in [-0.05, 0) is 38.8 Å². The van der Waals surface area contributed by atoms with Crippen LogP contribution in [-0.2, 0) is 14.3 Å². The molecule has 0 fully saturated rings. The van der Waals surface area contributed by atoms with Crippen LogP contribution in [0.1, 0.15) is 49.2 Å². The fraction of sp³-hybridized carbons (Fsp3) is 0.533. The molecule has 0 aromatic carbocycles. The molecule has 0 saturated heterocycles. The maximum Gasteiger partial charge on any atom is 0.305 e. The van der Waals surface area contributed by atoms with Gasteiger partial charge in [-0.2, -0.15) is 0 Å². The van der Waals surface area contributed by atoms with Crippen molar-refractivity contribution in [1.29, 1.82) is 0 Å². The summed E-state index contributed by atoms with van der Waals surface area (Å²) >= 11 is 6.99. The largest absolute Gasteiger partial charge is 0.466 e. The molecule has 0 saturated carbocycles. The Kier molecular flexibility index (Phi) is 7.61. The van der Waals surface area contributed by atoms with E-state index in [0.717, 1.165) is 0 Å². The molecule has 0 bridgehead atoms. The first-order valence-electron chi connectivity index (χ1n) is 6.91. The zero-order valence-electron chi connectivity index (χ0n) is 12.2. The highest BCUT2D eigenvalue weighted by Crippen LogP contribution is 2.26. The predicted molar refractivity (Wildman–Crippen MR) is 82.9 cm³/mol. The van der Waals surface area contributed by atoms with Crippen molar-refractivity contribution in [2.45, 2.75) is 39.5 Å². The molecule has 1 heterocycles. The quantitative estimate of drug-likeness (QED) is 0.298. The number of carbonyl (C=O) groups excluding carboxylic acids is 3. The summed E-state index contributed by atoms with van der Waals surface area (Å²) in [6.45, 7) is 3.55. The van der Waals surface area contributed by atoms with Gasteiger partial charge < -0.3 is 4.74 Å². The fourth-order valence-electron chi connectivity index (χ4n) is 1.99. The highest BCUT2D eigenvalue weighted by Gasteiger charge is 2.25. The topological polar surface area (TPSA) is 60.4 Å². The van der Waals surface area contributed by atoms with E-state index in [2.05, 4.69) is 0 Å². The van der Waals surface area contributed by atoms with Gasteiger partial charge in [0.2, 0.25) is 0 Å². The number of thiophene rings is 1. The molecule has 4 nitrogen and oxygen atoms in total. The molecular formula is C15H19ClO4S. The molecule has 0 aliphatic heterocycles. The Balaban J connectivity index is 2.49. The van der Waals surface area contributed by atoms with Crippen LogP contribution in [-0.4, -0.2) is 24.1 Å². The predicted octanol–water partition coefficient (Wildman–Crippen LogP) is 3.91. The van der Waals surface area contributed by atoms with E-state index >= 15 is 0 Å². The van der Waals surface area contributed by atoms with Gasteiger partial charge >= 0.3 is 5.97 Å². The third kappa shape index (κ3) is 5.98. The molecule has 0 amide bonds. The second kappa shape index (κ2) is 8.95. The summed E-state index contributed by atoms with van der Waals surface area (Å²) in [4.78, 5) is 35.6. The van der Waals surface area contributed by atoms with Crippen molar-refractivity contribution in [1.82, 2.24) is 0 Å². The third-order valence-corrected chi connectivity index (χ3v) is 4.30. The number of ether oxygens (including phenoxy) is 1. The lowest BCUT2D eigenvalue weighted by Gasteiger charge is -2.11. The number of carbonyl (C=O) groups is 3. The van der Waals surface area contributed by atoms with Crippen molar-refractivity contribution in [3.63, 3.8) is 0 Å². The van der Waals surface area contributed by atoms with Gasteiger partial charge in [-0.3, -0.25) is 14.4 Å². The van der Waals surface area contributed by atoms with Crippen LogP contribution in [0.3, 0.4) is 0 Å². The van der Waals surface area contributed by atoms with Crippen LogP contribution in [0, 0.1) is 5.92 Å². The molecule has 0 radical (unpaired) electrons. The van der Waals surface area contributed by atoms with Gasteiger partial charge in [0.1, 0.15) is 5.78 Å². The number of Topliss-reactive ketones (excluding diaryl/α,β-unsaturated/α-hetero) is 2. The van der Waals surface area contributed by atoms with Gasteiger partial charge in [0.25, 0.3) is 0 Å². The van der Waals surface area contributed by atoms with Gasteiger partial charge in [0.15, 0.2) is 5.78 Å². The maximum absolute atomic E-state index is 12.3. The molecule has 1 atom stereocenters. The number of hydrogen-bond donors (Lipinski definition) is 0. The number of unbranched alkanes of at least 4 members (excludes halogenated alkanes) is 1. The van der Waals surface area contributed by atoms with E-state index in [4.69, 9.17) is 16.3 Å². The van der Waals surface area contributed by atoms with Crippen molar-refractivity contribution >= 4 is 40.5 Å². The van der Waals surface area contributed by atoms with Crippen LogP contribution >= 0.6 is 22.9 Å². The van der Waals surface area contributed by atoms with Crippen LogP contribution in [0.2, 0.25) is 4.34 Å². The summed E-state index contributed by atoms with van der Waals surface area (Å²) < 4.78 is 5.36. The van der Waals surface area contributed by atoms with Crippen molar-refractivity contribution in [2.24, 2.45) is 5.92 Å². The second-order valence-electron chi connectivity index (χ2n) is 4.68. The van der Waals surface area contributed by atoms with E-state index in [1.54, 1.807) is 19.1 Å². The first-order chi connectivity index (χ1) is 9.95. The van der Waals surface area contributed by atoms with E-state index in [1.807, 2.05) is 0 Å². The van der Waals surface area contributed by atoms with E-state index in [0.29, 0.717) is 41.5 Å². The Morgan fingerprint density at radius 2 is 2.00 bits per heavy atom. The molecule has 1 aromatic heterocycles. The van der Waals surface area contributed by atoms with Gasteiger partial charge in [0.05, 0.1) is 21.7 Å². The van der Waals surface area contributed by atoms with Crippen molar-refractivity contribution < 1.29 is 19.1 Å². The fourth-order valence-corrected chi connectivity index (χ4v) is 3.03. The number of hydrogen-bond acceptors (Lipinski definition) is 5. The van der Waals surface area contributed by atoms with Crippen LogP contribution in [0.15, 0.2) is 12.1 Å². The SMILES string of the molecule is CCOC(=O)CCCCC(C(C)=O)C(=O)c1ccc(Cl)s1. The average Bonchev–Trinajstić information content (AvgIpc) is 2.84. The second-order valence-corrected chi connectivity index (χ2v) is 6.40. The van der Waals surface area contributed by atoms with Crippen LogP contribution < -0.4 is 0 Å². The Labute approximate surface area is 133 Å². The zero-order valence-corrected chi connectivity index (χ0v) is 13.8. The van der Waals surface area contributed by atoms with Gasteiger partial charge in [-0.25, -0.2) is 0 Å². The van der Waals surface area contributed by atoms with E-state index < -0.39 is 5.92 Å². The minimum atomic E-state index is -0.651. The first kappa shape index (κ1) is 17.9. The molecule has 21 heavy (non-hydrogen) atoms.